The smallest absolute Gasteiger partial charge is 0.333 e. The number of aliphatic hydroxyl groups excluding tert-OH is 1. The maximum Gasteiger partial charge on any atom is 0.333 e. The van der Waals surface area contributed by atoms with Gasteiger partial charge in [0.2, 0.25) is 0 Å². The van der Waals surface area contributed by atoms with Crippen LogP contribution in [0.15, 0.2) is 12.2 Å². The lowest BCUT2D eigenvalue weighted by molar-refractivity contribution is -0.142. The van der Waals surface area contributed by atoms with E-state index in [9.17, 15) is 9.90 Å². The van der Waals surface area contributed by atoms with E-state index < -0.39 is 12.1 Å². The summed E-state index contributed by atoms with van der Waals surface area (Å²) in [6, 6.07) is 0. The average molecular weight is 215 g/mol. The lowest BCUT2D eigenvalue weighted by atomic mass is 10.3. The van der Waals surface area contributed by atoms with Gasteiger partial charge in [-0.3, -0.25) is 0 Å². The minimum Gasteiger partial charge on any atom is -0.460 e. The molecule has 15 heavy (non-hydrogen) atoms. The Bertz CT molecular complexity index is 216. The Balaban J connectivity index is 3.70. The molecule has 0 bridgehead atoms. The highest BCUT2D eigenvalue weighted by Crippen LogP contribution is 1.96. The van der Waals surface area contributed by atoms with Crippen molar-refractivity contribution >= 4 is 5.97 Å². The molecule has 1 N–H and O–H groups in total. The number of nitrogens with zero attached hydrogens (tertiary/aromatic N) is 1. The van der Waals surface area contributed by atoms with Crippen molar-refractivity contribution in [2.45, 2.75) is 26.4 Å². The van der Waals surface area contributed by atoms with E-state index in [1.165, 1.54) is 0 Å². The maximum atomic E-state index is 11.0. The third-order valence-electron chi connectivity index (χ3n) is 1.88. The molecule has 0 aliphatic heterocycles. The van der Waals surface area contributed by atoms with Crippen LogP contribution in [0.3, 0.4) is 0 Å². The highest BCUT2D eigenvalue weighted by molar-refractivity contribution is 5.86. The van der Waals surface area contributed by atoms with Gasteiger partial charge in [-0.2, -0.15) is 0 Å². The predicted molar refractivity (Wildman–Crippen MR) is 59.6 cm³/mol. The minimum absolute atomic E-state index is 0.0275. The summed E-state index contributed by atoms with van der Waals surface area (Å²) in [6.45, 7) is 8.57. The Morgan fingerprint density at radius 1 is 1.60 bits per heavy atom. The van der Waals surface area contributed by atoms with Crippen molar-refractivity contribution in [1.82, 2.24) is 4.90 Å². The number of hydrogen-bond acceptors (Lipinski definition) is 4. The van der Waals surface area contributed by atoms with Crippen LogP contribution < -0.4 is 0 Å². The highest BCUT2D eigenvalue weighted by Gasteiger charge is 2.11. The van der Waals surface area contributed by atoms with Crippen LogP contribution in [0, 0.1) is 0 Å². The molecule has 0 amide bonds. The molecule has 0 aromatic carbocycles. The SMILES string of the molecule is C=C(C)C(=O)OCC(O)CN(C)CCC. The van der Waals surface area contributed by atoms with E-state index in [0.29, 0.717) is 12.1 Å². The quantitative estimate of drug-likeness (QED) is 0.504. The number of hydrogen-bond donors (Lipinski definition) is 1. The zero-order valence-corrected chi connectivity index (χ0v) is 9.82. The molecule has 0 aliphatic rings. The third kappa shape index (κ3) is 7.11. The number of aliphatic hydroxyl groups is 1. The van der Waals surface area contributed by atoms with Crippen LogP contribution in [0.1, 0.15) is 20.3 Å². The normalized spacial score (nSPS) is 12.6. The molecule has 0 heterocycles. The van der Waals surface area contributed by atoms with Gasteiger partial charge < -0.3 is 14.7 Å². The molecule has 0 radical (unpaired) electrons. The van der Waals surface area contributed by atoms with Gasteiger partial charge in [0.15, 0.2) is 0 Å². The molecule has 0 fully saturated rings. The van der Waals surface area contributed by atoms with Crippen molar-refractivity contribution in [3.63, 3.8) is 0 Å². The summed E-state index contributed by atoms with van der Waals surface area (Å²) in [5.74, 6) is -0.452. The van der Waals surface area contributed by atoms with Crippen LogP contribution in [-0.2, 0) is 9.53 Å². The van der Waals surface area contributed by atoms with Gasteiger partial charge in [-0.15, -0.1) is 0 Å². The molecular formula is C11H21NO3. The fraction of sp³-hybridized carbons (Fsp3) is 0.727. The van der Waals surface area contributed by atoms with Gasteiger partial charge in [0.05, 0.1) is 0 Å². The van der Waals surface area contributed by atoms with E-state index in [2.05, 4.69) is 13.5 Å². The van der Waals surface area contributed by atoms with E-state index in [4.69, 9.17) is 4.74 Å². The van der Waals surface area contributed by atoms with Crippen LogP contribution in [0.25, 0.3) is 0 Å². The molecule has 4 nitrogen and oxygen atoms in total. The number of likely N-dealkylation sites (N-methyl/N-ethyl adjacent to an activating group) is 1. The van der Waals surface area contributed by atoms with Crippen LogP contribution in [0.5, 0.6) is 0 Å². The summed E-state index contributed by atoms with van der Waals surface area (Å²) in [6.07, 6.45) is 0.402. The molecule has 0 rings (SSSR count). The van der Waals surface area contributed by atoms with Gasteiger partial charge in [-0.1, -0.05) is 13.5 Å². The second-order valence-electron chi connectivity index (χ2n) is 3.79. The number of rotatable bonds is 7. The Hall–Kier alpha value is -0.870. The Labute approximate surface area is 91.5 Å². The molecule has 1 atom stereocenters. The molecule has 4 heteroatoms. The highest BCUT2D eigenvalue weighted by atomic mass is 16.5. The number of carbonyl (C=O) groups is 1. The summed E-state index contributed by atoms with van der Waals surface area (Å²) in [5, 5.41) is 9.53. The number of esters is 1. The van der Waals surface area contributed by atoms with E-state index in [0.717, 1.165) is 13.0 Å². The molecule has 88 valence electrons. The van der Waals surface area contributed by atoms with Gasteiger partial charge in [0, 0.05) is 12.1 Å². The van der Waals surface area contributed by atoms with Crippen LogP contribution >= 0.6 is 0 Å². The minimum atomic E-state index is -0.634. The lowest BCUT2D eigenvalue weighted by Gasteiger charge is -2.19. The topological polar surface area (TPSA) is 49.8 Å². The first-order valence-corrected chi connectivity index (χ1v) is 5.16. The predicted octanol–water partition coefficient (Wildman–Crippen LogP) is 0.808. The van der Waals surface area contributed by atoms with Crippen molar-refractivity contribution in [3.8, 4) is 0 Å². The second kappa shape index (κ2) is 7.43. The first-order valence-electron chi connectivity index (χ1n) is 5.16. The van der Waals surface area contributed by atoms with E-state index in [1.807, 2.05) is 11.9 Å². The molecule has 0 aromatic heterocycles. The van der Waals surface area contributed by atoms with Crippen molar-refractivity contribution in [2.24, 2.45) is 0 Å². The number of carbonyl (C=O) groups excluding carboxylic acids is 1. The van der Waals surface area contributed by atoms with Crippen LogP contribution in [0.4, 0.5) is 0 Å². The standard InChI is InChI=1S/C11H21NO3/c1-5-6-12(4)7-10(13)8-15-11(14)9(2)3/h10,13H,2,5-8H2,1,3-4H3. The van der Waals surface area contributed by atoms with Crippen LogP contribution in [0.2, 0.25) is 0 Å². The number of ether oxygens (including phenoxy) is 1. The molecule has 1 unspecified atom stereocenters. The summed E-state index contributed by atoms with van der Waals surface area (Å²) in [7, 11) is 1.92. The summed E-state index contributed by atoms with van der Waals surface area (Å²) < 4.78 is 4.83. The Morgan fingerprint density at radius 3 is 2.67 bits per heavy atom. The Kier molecular flexibility index (Phi) is 6.99. The van der Waals surface area contributed by atoms with Gasteiger partial charge in [-0.25, -0.2) is 4.79 Å². The first-order chi connectivity index (χ1) is 6.97. The maximum absolute atomic E-state index is 11.0. The van der Waals surface area contributed by atoms with Gasteiger partial charge >= 0.3 is 5.97 Å². The van der Waals surface area contributed by atoms with Crippen molar-refractivity contribution in [3.05, 3.63) is 12.2 Å². The molecule has 0 spiro atoms. The summed E-state index contributed by atoms with van der Waals surface area (Å²) >= 11 is 0. The van der Waals surface area contributed by atoms with E-state index in [1.54, 1.807) is 6.92 Å². The fourth-order valence-electron chi connectivity index (χ4n) is 1.18. The van der Waals surface area contributed by atoms with Crippen molar-refractivity contribution < 1.29 is 14.6 Å². The van der Waals surface area contributed by atoms with Crippen molar-refractivity contribution in [2.75, 3.05) is 26.7 Å². The Morgan fingerprint density at radius 2 is 2.20 bits per heavy atom. The second-order valence-corrected chi connectivity index (χ2v) is 3.79. The summed E-state index contributed by atoms with van der Waals surface area (Å²) in [4.78, 5) is 13.0. The molecular weight excluding hydrogens is 194 g/mol. The van der Waals surface area contributed by atoms with E-state index >= 15 is 0 Å². The molecule has 0 saturated carbocycles. The zero-order chi connectivity index (χ0) is 11.8. The van der Waals surface area contributed by atoms with Crippen LogP contribution in [-0.4, -0.2) is 48.8 Å². The van der Waals surface area contributed by atoms with Gasteiger partial charge in [0.25, 0.3) is 0 Å². The molecule has 0 saturated heterocycles. The van der Waals surface area contributed by atoms with Gasteiger partial charge in [-0.05, 0) is 26.9 Å². The summed E-state index contributed by atoms with van der Waals surface area (Å²) in [5.41, 5.74) is 0.351. The monoisotopic (exact) mass is 215 g/mol. The average Bonchev–Trinajstić information content (AvgIpc) is 2.14. The van der Waals surface area contributed by atoms with Crippen molar-refractivity contribution in [1.29, 1.82) is 0 Å². The zero-order valence-electron chi connectivity index (χ0n) is 9.82. The fourth-order valence-corrected chi connectivity index (χ4v) is 1.18. The van der Waals surface area contributed by atoms with Gasteiger partial charge in [0.1, 0.15) is 12.7 Å². The third-order valence-corrected chi connectivity index (χ3v) is 1.88. The largest absolute Gasteiger partial charge is 0.460 e. The first kappa shape index (κ1) is 14.1. The molecule has 0 aromatic rings. The lowest BCUT2D eigenvalue weighted by Crippen LogP contribution is -2.33. The molecule has 0 aliphatic carbocycles. The van der Waals surface area contributed by atoms with E-state index in [-0.39, 0.29) is 6.61 Å².